The number of nitrogens with one attached hydrogen (secondary N) is 1. The largest absolute Gasteiger partial charge is 0.401 e. The van der Waals surface area contributed by atoms with Crippen LogP contribution in [0.2, 0.25) is 0 Å². The number of hydrogen-bond acceptors (Lipinski definition) is 4. The molecule has 1 amide bonds. The number of carbonyl (C=O) groups excluding carboxylic acids is 1. The van der Waals surface area contributed by atoms with Gasteiger partial charge < -0.3 is 9.84 Å². The first-order valence-corrected chi connectivity index (χ1v) is 7.38. The number of carbonyl (C=O) groups is 1. The van der Waals surface area contributed by atoms with Gasteiger partial charge in [0.15, 0.2) is 5.69 Å². The lowest BCUT2D eigenvalue weighted by molar-refractivity contribution is -0.143. The standard InChI is InChI=1S/C14H18F3N3O2/c1-8-5-20(7-14(15,16)17)6-11(8)18-13(21)10-4-12(22-19-10)9-2-3-9/h4,8-9,11H,2-3,5-7H2,1H3,(H,18,21)/t8-,11+/m0/s1. The van der Waals surface area contributed by atoms with Gasteiger partial charge in [-0.1, -0.05) is 12.1 Å². The molecule has 5 nitrogen and oxygen atoms in total. The Balaban J connectivity index is 1.56. The van der Waals surface area contributed by atoms with E-state index in [-0.39, 0.29) is 30.1 Å². The van der Waals surface area contributed by atoms with Crippen molar-refractivity contribution >= 4 is 5.91 Å². The van der Waals surface area contributed by atoms with Crippen LogP contribution in [0, 0.1) is 5.92 Å². The molecule has 2 heterocycles. The maximum Gasteiger partial charge on any atom is 0.401 e. The molecule has 1 aromatic rings. The highest BCUT2D eigenvalue weighted by Gasteiger charge is 2.38. The summed E-state index contributed by atoms with van der Waals surface area (Å²) in [6.45, 7) is 1.40. The molecular formula is C14H18F3N3O2. The van der Waals surface area contributed by atoms with Crippen molar-refractivity contribution in [2.75, 3.05) is 19.6 Å². The summed E-state index contributed by atoms with van der Waals surface area (Å²) >= 11 is 0. The second-order valence-electron chi connectivity index (χ2n) is 6.26. The lowest BCUT2D eigenvalue weighted by atomic mass is 10.1. The van der Waals surface area contributed by atoms with E-state index in [1.807, 2.05) is 6.92 Å². The lowest BCUT2D eigenvalue weighted by Gasteiger charge is -2.18. The summed E-state index contributed by atoms with van der Waals surface area (Å²) in [6, 6.07) is 1.32. The molecule has 0 radical (unpaired) electrons. The van der Waals surface area contributed by atoms with Crippen LogP contribution in [0.1, 0.15) is 41.9 Å². The van der Waals surface area contributed by atoms with Crippen molar-refractivity contribution in [1.82, 2.24) is 15.4 Å². The summed E-state index contributed by atoms with van der Waals surface area (Å²) in [6.07, 6.45) is -2.13. The second kappa shape index (κ2) is 5.57. The van der Waals surface area contributed by atoms with Crippen molar-refractivity contribution < 1.29 is 22.5 Å². The average molecular weight is 317 g/mol. The number of nitrogens with zero attached hydrogens (tertiary/aromatic N) is 2. The van der Waals surface area contributed by atoms with Crippen molar-refractivity contribution in [2.24, 2.45) is 5.92 Å². The van der Waals surface area contributed by atoms with Gasteiger partial charge in [-0.3, -0.25) is 9.69 Å². The number of hydrogen-bond donors (Lipinski definition) is 1. The van der Waals surface area contributed by atoms with E-state index in [0.29, 0.717) is 18.2 Å². The number of halogens is 3. The fourth-order valence-corrected chi connectivity index (χ4v) is 2.84. The predicted octanol–water partition coefficient (Wildman–Crippen LogP) is 2.16. The molecule has 1 N–H and O–H groups in total. The normalized spacial score (nSPS) is 26.4. The van der Waals surface area contributed by atoms with E-state index in [1.165, 1.54) is 4.90 Å². The molecule has 2 fully saturated rings. The van der Waals surface area contributed by atoms with Gasteiger partial charge >= 0.3 is 6.18 Å². The van der Waals surface area contributed by atoms with Crippen LogP contribution < -0.4 is 5.32 Å². The van der Waals surface area contributed by atoms with Crippen LogP contribution >= 0.6 is 0 Å². The zero-order chi connectivity index (χ0) is 15.9. The Bertz CT molecular complexity index is 554. The molecule has 2 aliphatic rings. The highest BCUT2D eigenvalue weighted by atomic mass is 19.4. The van der Waals surface area contributed by atoms with Crippen LogP contribution in [0.15, 0.2) is 10.6 Å². The molecule has 122 valence electrons. The first-order valence-electron chi connectivity index (χ1n) is 7.38. The molecule has 0 spiro atoms. The SMILES string of the molecule is C[C@H]1CN(CC(F)(F)F)C[C@H]1NC(=O)c1cc(C2CC2)on1. The number of aromatic nitrogens is 1. The quantitative estimate of drug-likeness (QED) is 0.924. The van der Waals surface area contributed by atoms with E-state index < -0.39 is 12.7 Å². The van der Waals surface area contributed by atoms with E-state index in [1.54, 1.807) is 6.07 Å². The molecule has 3 rings (SSSR count). The van der Waals surface area contributed by atoms with Crippen LogP contribution in [0.4, 0.5) is 13.2 Å². The molecular weight excluding hydrogens is 299 g/mol. The van der Waals surface area contributed by atoms with Gasteiger partial charge in [-0.05, 0) is 18.8 Å². The van der Waals surface area contributed by atoms with Gasteiger partial charge in [-0.15, -0.1) is 0 Å². The van der Waals surface area contributed by atoms with Gasteiger partial charge in [0.1, 0.15) is 5.76 Å². The second-order valence-corrected chi connectivity index (χ2v) is 6.26. The molecule has 0 unspecified atom stereocenters. The third-order valence-corrected chi connectivity index (χ3v) is 4.15. The third-order valence-electron chi connectivity index (χ3n) is 4.15. The van der Waals surface area contributed by atoms with Gasteiger partial charge in [0.2, 0.25) is 0 Å². The fraction of sp³-hybridized carbons (Fsp3) is 0.714. The van der Waals surface area contributed by atoms with Crippen LogP contribution in [0.25, 0.3) is 0 Å². The lowest BCUT2D eigenvalue weighted by Crippen LogP contribution is -2.41. The average Bonchev–Trinajstić information content (AvgIpc) is 3.03. The first-order chi connectivity index (χ1) is 10.3. The highest BCUT2D eigenvalue weighted by Crippen LogP contribution is 2.40. The summed E-state index contributed by atoms with van der Waals surface area (Å²) in [5.41, 5.74) is 0.198. The van der Waals surface area contributed by atoms with Gasteiger partial charge in [-0.25, -0.2) is 0 Å². The first kappa shape index (κ1) is 15.3. The van der Waals surface area contributed by atoms with Crippen LogP contribution in [0.5, 0.6) is 0 Å². The van der Waals surface area contributed by atoms with Gasteiger partial charge in [0.05, 0.1) is 6.54 Å². The van der Waals surface area contributed by atoms with Crippen LogP contribution in [-0.4, -0.2) is 47.8 Å². The van der Waals surface area contributed by atoms with Crippen LogP contribution in [0.3, 0.4) is 0 Å². The smallest absolute Gasteiger partial charge is 0.360 e. The Morgan fingerprint density at radius 1 is 1.45 bits per heavy atom. The molecule has 22 heavy (non-hydrogen) atoms. The summed E-state index contributed by atoms with van der Waals surface area (Å²) < 4.78 is 42.4. The molecule has 8 heteroatoms. The Labute approximate surface area is 125 Å². The summed E-state index contributed by atoms with van der Waals surface area (Å²) in [7, 11) is 0. The maximum atomic E-state index is 12.4. The minimum absolute atomic E-state index is 0.0406. The van der Waals surface area contributed by atoms with Crippen molar-refractivity contribution in [3.05, 3.63) is 17.5 Å². The Morgan fingerprint density at radius 2 is 2.18 bits per heavy atom. The molecule has 1 aromatic heterocycles. The Morgan fingerprint density at radius 3 is 2.82 bits per heavy atom. The molecule has 0 bridgehead atoms. The zero-order valence-electron chi connectivity index (χ0n) is 12.2. The minimum Gasteiger partial charge on any atom is -0.360 e. The Kier molecular flexibility index (Phi) is 3.88. The van der Waals surface area contributed by atoms with Crippen molar-refractivity contribution in [2.45, 2.75) is 37.9 Å². The molecule has 1 saturated carbocycles. The highest BCUT2D eigenvalue weighted by molar-refractivity contribution is 5.92. The maximum absolute atomic E-state index is 12.4. The van der Waals surface area contributed by atoms with E-state index in [0.717, 1.165) is 12.8 Å². The van der Waals surface area contributed by atoms with Crippen molar-refractivity contribution in [3.63, 3.8) is 0 Å². The minimum atomic E-state index is -4.22. The molecule has 0 aromatic carbocycles. The molecule has 1 aliphatic carbocycles. The fourth-order valence-electron chi connectivity index (χ4n) is 2.84. The van der Waals surface area contributed by atoms with Gasteiger partial charge in [0, 0.05) is 31.1 Å². The predicted molar refractivity (Wildman–Crippen MR) is 71.4 cm³/mol. The van der Waals surface area contributed by atoms with Crippen LogP contribution in [-0.2, 0) is 0 Å². The molecule has 1 saturated heterocycles. The van der Waals surface area contributed by atoms with Gasteiger partial charge in [-0.2, -0.15) is 13.2 Å². The summed E-state index contributed by atoms with van der Waals surface area (Å²) in [4.78, 5) is 13.4. The third kappa shape index (κ3) is 3.60. The molecule has 2 atom stereocenters. The number of likely N-dealkylation sites (tertiary alicyclic amines) is 1. The zero-order valence-corrected chi connectivity index (χ0v) is 12.2. The van der Waals surface area contributed by atoms with E-state index >= 15 is 0 Å². The topological polar surface area (TPSA) is 58.4 Å². The monoisotopic (exact) mass is 317 g/mol. The Hall–Kier alpha value is -1.57. The summed E-state index contributed by atoms with van der Waals surface area (Å²) in [5.74, 6) is 0.646. The molecule has 1 aliphatic heterocycles. The van der Waals surface area contributed by atoms with E-state index in [2.05, 4.69) is 10.5 Å². The van der Waals surface area contributed by atoms with E-state index in [9.17, 15) is 18.0 Å². The number of rotatable bonds is 4. The number of alkyl halides is 3. The summed E-state index contributed by atoms with van der Waals surface area (Å²) in [5, 5.41) is 6.51. The van der Waals surface area contributed by atoms with Crippen molar-refractivity contribution in [1.29, 1.82) is 0 Å². The van der Waals surface area contributed by atoms with E-state index in [4.69, 9.17) is 4.52 Å². The van der Waals surface area contributed by atoms with Gasteiger partial charge in [0.25, 0.3) is 5.91 Å². The number of amides is 1. The van der Waals surface area contributed by atoms with Crippen molar-refractivity contribution in [3.8, 4) is 0 Å².